The minimum Gasteiger partial charge on any atom is -0.358 e. The predicted octanol–water partition coefficient (Wildman–Crippen LogP) is 5.28. The molecule has 0 aliphatic rings. The van der Waals surface area contributed by atoms with Gasteiger partial charge in [0.15, 0.2) is 0 Å². The maximum Gasteiger partial charge on any atom is 0.0882 e. The zero-order chi connectivity index (χ0) is 15.3. The van der Waals surface area contributed by atoms with Gasteiger partial charge in [0.05, 0.1) is 16.2 Å². The molecule has 0 saturated heterocycles. The Labute approximate surface area is 133 Å². The summed E-state index contributed by atoms with van der Waals surface area (Å²) in [5, 5.41) is 2.99. The number of hydrogen-bond acceptors (Lipinski definition) is 1. The Morgan fingerprint density at radius 2 is 2.00 bits per heavy atom. The monoisotopic (exact) mass is 309 g/mol. The SMILES string of the molecule is CC(C)c1cc2cc(Cl)c(-n3cc4cccnc4c3)cc2[nH]1. The Morgan fingerprint density at radius 1 is 1.14 bits per heavy atom. The first-order valence-electron chi connectivity index (χ1n) is 7.37. The first-order chi connectivity index (χ1) is 10.6. The number of hydrogen-bond donors (Lipinski definition) is 1. The maximum atomic E-state index is 6.50. The number of benzene rings is 1. The quantitative estimate of drug-likeness (QED) is 0.536. The van der Waals surface area contributed by atoms with Crippen LogP contribution in [0, 0.1) is 0 Å². The molecule has 0 atom stereocenters. The van der Waals surface area contributed by atoms with E-state index in [1.54, 1.807) is 6.20 Å². The van der Waals surface area contributed by atoms with E-state index in [0.29, 0.717) is 5.92 Å². The molecule has 4 heteroatoms. The molecule has 0 aliphatic heterocycles. The molecule has 0 fully saturated rings. The van der Waals surface area contributed by atoms with Crippen LogP contribution in [-0.4, -0.2) is 14.5 Å². The molecule has 110 valence electrons. The Balaban J connectivity index is 1.91. The second kappa shape index (κ2) is 4.89. The van der Waals surface area contributed by atoms with Gasteiger partial charge in [-0.3, -0.25) is 4.98 Å². The van der Waals surface area contributed by atoms with Crippen molar-refractivity contribution < 1.29 is 0 Å². The van der Waals surface area contributed by atoms with Crippen LogP contribution in [0.4, 0.5) is 0 Å². The van der Waals surface area contributed by atoms with E-state index in [0.717, 1.165) is 32.5 Å². The van der Waals surface area contributed by atoms with Gasteiger partial charge in [0.25, 0.3) is 0 Å². The number of halogens is 1. The van der Waals surface area contributed by atoms with Gasteiger partial charge >= 0.3 is 0 Å². The summed E-state index contributed by atoms with van der Waals surface area (Å²) in [5.41, 5.74) is 4.26. The van der Waals surface area contributed by atoms with Crippen LogP contribution in [-0.2, 0) is 0 Å². The number of H-pyrrole nitrogens is 1. The number of nitrogens with zero attached hydrogens (tertiary/aromatic N) is 2. The second-order valence-corrected chi connectivity index (χ2v) is 6.32. The van der Waals surface area contributed by atoms with Gasteiger partial charge in [-0.25, -0.2) is 0 Å². The van der Waals surface area contributed by atoms with E-state index < -0.39 is 0 Å². The van der Waals surface area contributed by atoms with E-state index in [1.165, 1.54) is 5.69 Å². The molecule has 1 N–H and O–H groups in total. The molecular weight excluding hydrogens is 294 g/mol. The van der Waals surface area contributed by atoms with Gasteiger partial charge in [0.1, 0.15) is 0 Å². The Hall–Kier alpha value is -2.26. The summed E-state index contributed by atoms with van der Waals surface area (Å²) < 4.78 is 2.04. The van der Waals surface area contributed by atoms with E-state index in [4.69, 9.17) is 11.6 Å². The summed E-state index contributed by atoms with van der Waals surface area (Å²) in [7, 11) is 0. The van der Waals surface area contributed by atoms with Gasteiger partial charge < -0.3 is 9.55 Å². The van der Waals surface area contributed by atoms with Crippen molar-refractivity contribution in [3.63, 3.8) is 0 Å². The molecule has 0 radical (unpaired) electrons. The number of fused-ring (bicyclic) bond motifs is 2. The topological polar surface area (TPSA) is 33.6 Å². The predicted molar refractivity (Wildman–Crippen MR) is 92.0 cm³/mol. The van der Waals surface area contributed by atoms with Gasteiger partial charge in [0, 0.05) is 40.6 Å². The summed E-state index contributed by atoms with van der Waals surface area (Å²) in [5.74, 6) is 0.466. The highest BCUT2D eigenvalue weighted by molar-refractivity contribution is 6.33. The molecule has 3 aromatic heterocycles. The minimum atomic E-state index is 0.466. The van der Waals surface area contributed by atoms with Crippen molar-refractivity contribution in [3.8, 4) is 5.69 Å². The van der Waals surface area contributed by atoms with Crippen molar-refractivity contribution in [3.05, 3.63) is 59.6 Å². The number of aromatic nitrogens is 3. The van der Waals surface area contributed by atoms with Crippen molar-refractivity contribution in [1.82, 2.24) is 14.5 Å². The van der Waals surface area contributed by atoms with Crippen LogP contribution >= 0.6 is 11.6 Å². The zero-order valence-electron chi connectivity index (χ0n) is 12.5. The number of rotatable bonds is 2. The fraction of sp³-hybridized carbons (Fsp3) is 0.167. The molecule has 4 rings (SSSR count). The van der Waals surface area contributed by atoms with E-state index in [-0.39, 0.29) is 0 Å². The average molecular weight is 310 g/mol. The Kier molecular flexibility index (Phi) is 2.98. The van der Waals surface area contributed by atoms with Crippen LogP contribution in [0.1, 0.15) is 25.5 Å². The van der Waals surface area contributed by atoms with Crippen LogP contribution in [0.5, 0.6) is 0 Å². The smallest absolute Gasteiger partial charge is 0.0882 e. The van der Waals surface area contributed by atoms with E-state index >= 15 is 0 Å². The van der Waals surface area contributed by atoms with Crippen molar-refractivity contribution >= 4 is 33.4 Å². The molecule has 1 aromatic carbocycles. The first-order valence-corrected chi connectivity index (χ1v) is 7.75. The van der Waals surface area contributed by atoms with Crippen molar-refractivity contribution in [2.75, 3.05) is 0 Å². The van der Waals surface area contributed by atoms with E-state index in [9.17, 15) is 0 Å². The molecule has 0 aliphatic carbocycles. The molecular formula is C18H16ClN3. The molecule has 22 heavy (non-hydrogen) atoms. The number of aromatic amines is 1. The van der Waals surface area contributed by atoms with E-state index in [2.05, 4.69) is 48.2 Å². The lowest BCUT2D eigenvalue weighted by Gasteiger charge is -2.05. The molecule has 0 bridgehead atoms. The van der Waals surface area contributed by atoms with Gasteiger partial charge in [-0.2, -0.15) is 0 Å². The Bertz CT molecular complexity index is 946. The van der Waals surface area contributed by atoms with Crippen LogP contribution in [0.15, 0.2) is 48.9 Å². The highest BCUT2D eigenvalue weighted by atomic mass is 35.5. The van der Waals surface area contributed by atoms with E-state index in [1.807, 2.05) is 22.9 Å². The molecule has 0 amide bonds. The van der Waals surface area contributed by atoms with Crippen molar-refractivity contribution in [2.45, 2.75) is 19.8 Å². The van der Waals surface area contributed by atoms with Crippen LogP contribution in [0.2, 0.25) is 5.02 Å². The lowest BCUT2D eigenvalue weighted by Crippen LogP contribution is -1.91. The van der Waals surface area contributed by atoms with Gasteiger partial charge in [-0.1, -0.05) is 25.4 Å². The van der Waals surface area contributed by atoms with Crippen LogP contribution in [0.3, 0.4) is 0 Å². The summed E-state index contributed by atoms with van der Waals surface area (Å²) >= 11 is 6.50. The van der Waals surface area contributed by atoms with Crippen molar-refractivity contribution in [1.29, 1.82) is 0 Å². The lowest BCUT2D eigenvalue weighted by molar-refractivity contribution is 0.836. The van der Waals surface area contributed by atoms with Crippen LogP contribution < -0.4 is 0 Å². The highest BCUT2D eigenvalue weighted by Crippen LogP contribution is 2.30. The third kappa shape index (κ3) is 2.09. The molecule has 0 saturated carbocycles. The molecule has 3 nitrogen and oxygen atoms in total. The van der Waals surface area contributed by atoms with Crippen molar-refractivity contribution in [2.24, 2.45) is 0 Å². The first kappa shape index (κ1) is 13.4. The number of pyridine rings is 1. The average Bonchev–Trinajstić information content (AvgIpc) is 3.09. The normalized spacial score (nSPS) is 11.8. The molecule has 0 spiro atoms. The third-order valence-electron chi connectivity index (χ3n) is 4.02. The third-order valence-corrected chi connectivity index (χ3v) is 4.32. The fourth-order valence-corrected chi connectivity index (χ4v) is 3.05. The summed E-state index contributed by atoms with van der Waals surface area (Å²) in [6.45, 7) is 4.36. The highest BCUT2D eigenvalue weighted by Gasteiger charge is 2.10. The Morgan fingerprint density at radius 3 is 2.77 bits per heavy atom. The molecule has 0 unspecified atom stereocenters. The maximum absolute atomic E-state index is 6.50. The second-order valence-electron chi connectivity index (χ2n) is 5.91. The molecule has 3 heterocycles. The summed E-state index contributed by atoms with van der Waals surface area (Å²) in [6, 6.07) is 10.3. The minimum absolute atomic E-state index is 0.466. The van der Waals surface area contributed by atoms with Gasteiger partial charge in [-0.15, -0.1) is 0 Å². The van der Waals surface area contributed by atoms with Crippen LogP contribution in [0.25, 0.3) is 27.5 Å². The zero-order valence-corrected chi connectivity index (χ0v) is 13.2. The molecule has 4 aromatic rings. The largest absolute Gasteiger partial charge is 0.358 e. The van der Waals surface area contributed by atoms with Gasteiger partial charge in [0.2, 0.25) is 0 Å². The van der Waals surface area contributed by atoms with Gasteiger partial charge in [-0.05, 0) is 36.2 Å². The fourth-order valence-electron chi connectivity index (χ4n) is 2.78. The lowest BCUT2D eigenvalue weighted by atomic mass is 10.1. The standard InChI is InChI=1S/C18H16ClN3/c1-11(2)15-7-13-6-14(19)18(8-16(13)21-15)22-9-12-4-3-5-20-17(12)10-22/h3-11,21H,1-2H3. The summed E-state index contributed by atoms with van der Waals surface area (Å²) in [4.78, 5) is 7.85. The summed E-state index contributed by atoms with van der Waals surface area (Å²) in [6.07, 6.45) is 5.87. The number of nitrogens with one attached hydrogen (secondary N) is 1.